The normalized spacial score (nSPS) is 17.2. The van der Waals surface area contributed by atoms with Crippen molar-refractivity contribution in [3.63, 3.8) is 0 Å². The molecule has 98 valence electrons. The van der Waals surface area contributed by atoms with Gasteiger partial charge in [0.2, 0.25) is 5.91 Å². The van der Waals surface area contributed by atoms with Crippen LogP contribution in [0, 0.1) is 5.92 Å². The minimum Gasteiger partial charge on any atom is -0.465 e. The lowest BCUT2D eigenvalue weighted by Crippen LogP contribution is -2.43. The molecule has 6 nitrogen and oxygen atoms in total. The number of carbonyl (C=O) groups excluding carboxylic acids is 1. The number of carbonyl (C=O) groups is 2. The number of carboxylic acid groups (broad SMARTS) is 1. The SMILES string of the molecule is CN(C)CCNC(=O)C1CCN(C(=O)O)CC1. The van der Waals surface area contributed by atoms with Crippen LogP contribution in [0.3, 0.4) is 0 Å². The topological polar surface area (TPSA) is 72.9 Å². The van der Waals surface area contributed by atoms with E-state index in [1.807, 2.05) is 19.0 Å². The van der Waals surface area contributed by atoms with Gasteiger partial charge in [-0.3, -0.25) is 4.79 Å². The molecule has 1 fully saturated rings. The van der Waals surface area contributed by atoms with Gasteiger partial charge in [-0.1, -0.05) is 0 Å². The summed E-state index contributed by atoms with van der Waals surface area (Å²) in [7, 11) is 3.91. The van der Waals surface area contributed by atoms with Gasteiger partial charge >= 0.3 is 6.09 Å². The van der Waals surface area contributed by atoms with Crippen molar-refractivity contribution in [2.75, 3.05) is 40.3 Å². The smallest absolute Gasteiger partial charge is 0.407 e. The fraction of sp³-hybridized carbons (Fsp3) is 0.818. The third-order valence-electron chi connectivity index (χ3n) is 2.99. The average molecular weight is 243 g/mol. The Hall–Kier alpha value is -1.30. The van der Waals surface area contributed by atoms with Crippen molar-refractivity contribution in [3.8, 4) is 0 Å². The molecule has 0 saturated carbocycles. The summed E-state index contributed by atoms with van der Waals surface area (Å²) in [6.07, 6.45) is 0.358. The predicted octanol–water partition coefficient (Wildman–Crippen LogP) is 0.0542. The first-order valence-electron chi connectivity index (χ1n) is 5.91. The molecule has 0 spiro atoms. The molecule has 0 bridgehead atoms. The Labute approximate surface area is 102 Å². The van der Waals surface area contributed by atoms with Crippen LogP contribution in [0.15, 0.2) is 0 Å². The first-order chi connectivity index (χ1) is 8.00. The van der Waals surface area contributed by atoms with E-state index in [4.69, 9.17) is 5.11 Å². The third kappa shape index (κ3) is 4.60. The van der Waals surface area contributed by atoms with E-state index in [-0.39, 0.29) is 11.8 Å². The largest absolute Gasteiger partial charge is 0.465 e. The second-order valence-corrected chi connectivity index (χ2v) is 4.64. The van der Waals surface area contributed by atoms with Gasteiger partial charge in [-0.25, -0.2) is 4.79 Å². The van der Waals surface area contributed by atoms with Crippen molar-refractivity contribution in [1.29, 1.82) is 0 Å². The minimum atomic E-state index is -0.892. The molecule has 0 aromatic heterocycles. The van der Waals surface area contributed by atoms with Crippen molar-refractivity contribution in [3.05, 3.63) is 0 Å². The van der Waals surface area contributed by atoms with Crippen LogP contribution in [0.25, 0.3) is 0 Å². The Morgan fingerprint density at radius 2 is 1.94 bits per heavy atom. The summed E-state index contributed by atoms with van der Waals surface area (Å²) < 4.78 is 0. The van der Waals surface area contributed by atoms with Gasteiger partial charge in [0.1, 0.15) is 0 Å². The molecule has 1 aliphatic heterocycles. The van der Waals surface area contributed by atoms with Gasteiger partial charge in [-0.05, 0) is 26.9 Å². The number of likely N-dealkylation sites (N-methyl/N-ethyl adjacent to an activating group) is 1. The Bertz CT molecular complexity index is 273. The van der Waals surface area contributed by atoms with E-state index in [1.165, 1.54) is 4.90 Å². The van der Waals surface area contributed by atoms with Crippen LogP contribution in [0.1, 0.15) is 12.8 Å². The van der Waals surface area contributed by atoms with Crippen LogP contribution in [0.2, 0.25) is 0 Å². The number of hydrogen-bond donors (Lipinski definition) is 2. The second kappa shape index (κ2) is 6.44. The summed E-state index contributed by atoms with van der Waals surface area (Å²) in [5.41, 5.74) is 0. The highest BCUT2D eigenvalue weighted by Gasteiger charge is 2.26. The summed E-state index contributed by atoms with van der Waals surface area (Å²) in [4.78, 5) is 25.8. The molecule has 0 atom stereocenters. The van der Waals surface area contributed by atoms with Crippen molar-refractivity contribution in [1.82, 2.24) is 15.1 Å². The maximum atomic E-state index is 11.8. The number of piperidine rings is 1. The Kier molecular flexibility index (Phi) is 5.21. The zero-order chi connectivity index (χ0) is 12.8. The highest BCUT2D eigenvalue weighted by molar-refractivity contribution is 5.79. The van der Waals surface area contributed by atoms with Crippen LogP contribution >= 0.6 is 0 Å². The first kappa shape index (κ1) is 13.8. The molecule has 6 heteroatoms. The highest BCUT2D eigenvalue weighted by Crippen LogP contribution is 2.17. The number of nitrogens with zero attached hydrogens (tertiary/aromatic N) is 2. The molecule has 0 aliphatic carbocycles. The maximum absolute atomic E-state index is 11.8. The Balaban J connectivity index is 2.24. The van der Waals surface area contributed by atoms with E-state index in [0.717, 1.165) is 6.54 Å². The maximum Gasteiger partial charge on any atom is 0.407 e. The number of nitrogens with one attached hydrogen (secondary N) is 1. The molecule has 2 N–H and O–H groups in total. The van der Waals surface area contributed by atoms with Crippen LogP contribution in [0.5, 0.6) is 0 Å². The fourth-order valence-corrected chi connectivity index (χ4v) is 1.88. The summed E-state index contributed by atoms with van der Waals surface area (Å²) >= 11 is 0. The van der Waals surface area contributed by atoms with Crippen LogP contribution < -0.4 is 5.32 Å². The van der Waals surface area contributed by atoms with E-state index in [0.29, 0.717) is 32.5 Å². The molecule has 1 heterocycles. The summed E-state index contributed by atoms with van der Waals surface area (Å²) in [6, 6.07) is 0. The van der Waals surface area contributed by atoms with Crippen molar-refractivity contribution >= 4 is 12.0 Å². The molecule has 0 aromatic rings. The summed E-state index contributed by atoms with van der Waals surface area (Å²) in [6.45, 7) is 2.38. The van der Waals surface area contributed by atoms with Crippen molar-refractivity contribution < 1.29 is 14.7 Å². The standard InChI is InChI=1S/C11H21N3O3/c1-13(2)8-5-12-10(15)9-3-6-14(7-4-9)11(16)17/h9H,3-8H2,1-2H3,(H,12,15)(H,16,17). The lowest BCUT2D eigenvalue weighted by Gasteiger charge is -2.29. The zero-order valence-electron chi connectivity index (χ0n) is 10.5. The molecule has 0 aromatic carbocycles. The third-order valence-corrected chi connectivity index (χ3v) is 2.99. The van der Waals surface area contributed by atoms with Crippen LogP contribution in [-0.4, -0.2) is 67.2 Å². The fourth-order valence-electron chi connectivity index (χ4n) is 1.88. The molecule has 2 amide bonds. The number of rotatable bonds is 4. The van der Waals surface area contributed by atoms with E-state index in [2.05, 4.69) is 5.32 Å². The molecular formula is C11H21N3O3. The van der Waals surface area contributed by atoms with Gasteiger partial charge in [0.25, 0.3) is 0 Å². The van der Waals surface area contributed by atoms with Gasteiger partial charge in [0, 0.05) is 32.1 Å². The Morgan fingerprint density at radius 1 is 1.35 bits per heavy atom. The first-order valence-corrected chi connectivity index (χ1v) is 5.91. The molecule has 1 rings (SSSR count). The molecular weight excluding hydrogens is 222 g/mol. The predicted molar refractivity (Wildman–Crippen MR) is 63.9 cm³/mol. The zero-order valence-corrected chi connectivity index (χ0v) is 10.5. The van der Waals surface area contributed by atoms with Gasteiger partial charge in [-0.15, -0.1) is 0 Å². The average Bonchev–Trinajstić information content (AvgIpc) is 2.28. The van der Waals surface area contributed by atoms with Crippen LogP contribution in [-0.2, 0) is 4.79 Å². The molecule has 17 heavy (non-hydrogen) atoms. The number of amides is 2. The molecule has 1 aliphatic rings. The van der Waals surface area contributed by atoms with Gasteiger partial charge in [0.05, 0.1) is 0 Å². The number of hydrogen-bond acceptors (Lipinski definition) is 3. The van der Waals surface area contributed by atoms with Gasteiger partial charge in [-0.2, -0.15) is 0 Å². The molecule has 0 radical (unpaired) electrons. The Morgan fingerprint density at radius 3 is 2.41 bits per heavy atom. The minimum absolute atomic E-state index is 0.0345. The quantitative estimate of drug-likeness (QED) is 0.732. The van der Waals surface area contributed by atoms with Gasteiger partial charge < -0.3 is 20.2 Å². The van der Waals surface area contributed by atoms with Crippen molar-refractivity contribution in [2.24, 2.45) is 5.92 Å². The summed E-state index contributed by atoms with van der Waals surface area (Å²) in [5.74, 6) is 0.0182. The lowest BCUT2D eigenvalue weighted by atomic mass is 9.96. The number of likely N-dealkylation sites (tertiary alicyclic amines) is 1. The highest BCUT2D eigenvalue weighted by atomic mass is 16.4. The van der Waals surface area contributed by atoms with E-state index < -0.39 is 6.09 Å². The van der Waals surface area contributed by atoms with E-state index in [9.17, 15) is 9.59 Å². The monoisotopic (exact) mass is 243 g/mol. The van der Waals surface area contributed by atoms with Gasteiger partial charge in [0.15, 0.2) is 0 Å². The van der Waals surface area contributed by atoms with E-state index >= 15 is 0 Å². The van der Waals surface area contributed by atoms with E-state index in [1.54, 1.807) is 0 Å². The second-order valence-electron chi connectivity index (χ2n) is 4.64. The lowest BCUT2D eigenvalue weighted by molar-refractivity contribution is -0.126. The molecule has 1 saturated heterocycles. The molecule has 0 unspecified atom stereocenters. The summed E-state index contributed by atoms with van der Waals surface area (Å²) in [5, 5.41) is 11.7. The van der Waals surface area contributed by atoms with Crippen molar-refractivity contribution in [2.45, 2.75) is 12.8 Å². The van der Waals surface area contributed by atoms with Crippen LogP contribution in [0.4, 0.5) is 4.79 Å².